The lowest BCUT2D eigenvalue weighted by molar-refractivity contribution is -0.119. The first kappa shape index (κ1) is 15.9. The molecule has 21 heavy (non-hydrogen) atoms. The van der Waals surface area contributed by atoms with Crippen molar-refractivity contribution in [3.05, 3.63) is 42.7 Å². The number of carbonyl (C=O) groups excluding carboxylic acids is 1. The first-order valence-corrected chi connectivity index (χ1v) is 8.41. The fourth-order valence-corrected chi connectivity index (χ4v) is 3.31. The Morgan fingerprint density at radius 2 is 1.81 bits per heavy atom. The maximum Gasteiger partial charge on any atom is 0.230 e. The van der Waals surface area contributed by atoms with Crippen molar-refractivity contribution in [1.29, 1.82) is 0 Å². The first-order chi connectivity index (χ1) is 10.1. The zero-order valence-electron chi connectivity index (χ0n) is 11.9. The average molecular weight is 319 g/mol. The number of amides is 1. The summed E-state index contributed by atoms with van der Waals surface area (Å²) in [6.07, 6.45) is 3.32. The predicted octanol–water partition coefficient (Wildman–Crippen LogP) is 3.24. The predicted molar refractivity (Wildman–Crippen MR) is 86.6 cm³/mol. The average Bonchev–Trinajstić information content (AvgIpc) is 2.47. The minimum Gasteiger partial charge on any atom is -0.353 e. The molecule has 0 saturated carbocycles. The van der Waals surface area contributed by atoms with Gasteiger partial charge in [0.1, 0.15) is 10.1 Å². The van der Waals surface area contributed by atoms with E-state index < -0.39 is 0 Å². The maximum absolute atomic E-state index is 11.7. The van der Waals surface area contributed by atoms with Gasteiger partial charge >= 0.3 is 0 Å². The molecule has 2 aromatic rings. The maximum atomic E-state index is 11.7. The Balaban J connectivity index is 2.02. The zero-order valence-corrected chi connectivity index (χ0v) is 13.6. The quantitative estimate of drug-likeness (QED) is 0.828. The van der Waals surface area contributed by atoms with Crippen molar-refractivity contribution in [3.63, 3.8) is 0 Å². The second-order valence-electron chi connectivity index (χ2n) is 4.59. The Hall–Kier alpha value is -1.53. The van der Waals surface area contributed by atoms with Gasteiger partial charge in [0.15, 0.2) is 0 Å². The van der Waals surface area contributed by atoms with Crippen LogP contribution in [-0.2, 0) is 4.79 Å². The highest BCUT2D eigenvalue weighted by atomic mass is 32.2. The number of hydrogen-bond acceptors (Lipinski definition) is 5. The Labute approximate surface area is 133 Å². The van der Waals surface area contributed by atoms with Crippen molar-refractivity contribution < 1.29 is 4.79 Å². The van der Waals surface area contributed by atoms with Gasteiger partial charge < -0.3 is 5.32 Å². The SMILES string of the molecule is CC(C)NC(=O)CSc1nccnc1Sc1ccccc1. The summed E-state index contributed by atoms with van der Waals surface area (Å²) in [6.45, 7) is 3.89. The molecule has 0 atom stereocenters. The minimum atomic E-state index is 0.0105. The summed E-state index contributed by atoms with van der Waals surface area (Å²) in [6, 6.07) is 10.2. The fourth-order valence-electron chi connectivity index (χ4n) is 1.58. The molecule has 0 bridgehead atoms. The molecule has 4 nitrogen and oxygen atoms in total. The van der Waals surface area contributed by atoms with Gasteiger partial charge in [-0.25, -0.2) is 9.97 Å². The molecule has 110 valence electrons. The molecular formula is C15H17N3OS2. The third-order valence-corrected chi connectivity index (χ3v) is 4.49. The van der Waals surface area contributed by atoms with Crippen LogP contribution in [0.25, 0.3) is 0 Å². The molecule has 1 heterocycles. The van der Waals surface area contributed by atoms with Crippen LogP contribution in [0.4, 0.5) is 0 Å². The summed E-state index contributed by atoms with van der Waals surface area (Å²) >= 11 is 2.96. The van der Waals surface area contributed by atoms with Crippen molar-refractivity contribution >= 4 is 29.4 Å². The highest BCUT2D eigenvalue weighted by molar-refractivity contribution is 8.02. The number of nitrogens with one attached hydrogen (secondary N) is 1. The lowest BCUT2D eigenvalue weighted by atomic mass is 10.4. The second-order valence-corrected chi connectivity index (χ2v) is 6.62. The number of carbonyl (C=O) groups is 1. The smallest absolute Gasteiger partial charge is 0.230 e. The van der Waals surface area contributed by atoms with Crippen molar-refractivity contribution in [2.45, 2.75) is 34.8 Å². The standard InChI is InChI=1S/C15H17N3OS2/c1-11(2)18-13(19)10-20-14-15(17-9-8-16-14)21-12-6-4-3-5-7-12/h3-9,11H,10H2,1-2H3,(H,18,19). The molecule has 6 heteroatoms. The molecule has 0 aliphatic rings. The largest absolute Gasteiger partial charge is 0.353 e. The first-order valence-electron chi connectivity index (χ1n) is 6.61. The summed E-state index contributed by atoms with van der Waals surface area (Å²) < 4.78 is 0. The summed E-state index contributed by atoms with van der Waals surface area (Å²) in [5.41, 5.74) is 0. The summed E-state index contributed by atoms with van der Waals surface area (Å²) in [4.78, 5) is 21.5. The summed E-state index contributed by atoms with van der Waals surface area (Å²) in [7, 11) is 0. The van der Waals surface area contributed by atoms with E-state index in [1.165, 1.54) is 11.8 Å². The van der Waals surface area contributed by atoms with Crippen LogP contribution in [0.1, 0.15) is 13.8 Å². The van der Waals surface area contributed by atoms with E-state index in [0.29, 0.717) is 5.75 Å². The molecule has 0 radical (unpaired) electrons. The molecule has 0 aliphatic carbocycles. The van der Waals surface area contributed by atoms with Gasteiger partial charge in [-0.3, -0.25) is 4.79 Å². The fraction of sp³-hybridized carbons (Fsp3) is 0.267. The molecule has 2 rings (SSSR count). The molecule has 0 unspecified atom stereocenters. The number of thioether (sulfide) groups is 1. The third-order valence-electron chi connectivity index (χ3n) is 2.38. The van der Waals surface area contributed by atoms with E-state index in [4.69, 9.17) is 0 Å². The Bertz CT molecular complexity index is 590. The van der Waals surface area contributed by atoms with E-state index in [9.17, 15) is 4.79 Å². The number of nitrogens with zero attached hydrogens (tertiary/aromatic N) is 2. The van der Waals surface area contributed by atoms with E-state index in [2.05, 4.69) is 15.3 Å². The van der Waals surface area contributed by atoms with Gasteiger partial charge in [0, 0.05) is 23.3 Å². The summed E-state index contributed by atoms with van der Waals surface area (Å²) in [5, 5.41) is 4.48. The van der Waals surface area contributed by atoms with Gasteiger partial charge in [0.05, 0.1) is 5.75 Å². The van der Waals surface area contributed by atoms with E-state index in [1.807, 2.05) is 44.2 Å². The van der Waals surface area contributed by atoms with Crippen LogP contribution in [0, 0.1) is 0 Å². The van der Waals surface area contributed by atoms with Gasteiger partial charge in [-0.1, -0.05) is 41.7 Å². The van der Waals surface area contributed by atoms with Crippen LogP contribution in [0.15, 0.2) is 57.7 Å². The normalized spacial score (nSPS) is 10.6. The van der Waals surface area contributed by atoms with E-state index in [-0.39, 0.29) is 11.9 Å². The Kier molecular flexibility index (Phi) is 6.07. The van der Waals surface area contributed by atoms with Crippen molar-refractivity contribution in [3.8, 4) is 0 Å². The second kappa shape index (κ2) is 8.05. The highest BCUT2D eigenvalue weighted by Crippen LogP contribution is 2.32. The van der Waals surface area contributed by atoms with Gasteiger partial charge in [-0.05, 0) is 26.0 Å². The molecule has 1 amide bonds. The molecule has 0 aliphatic heterocycles. The molecule has 1 aromatic carbocycles. The number of rotatable bonds is 6. The van der Waals surface area contributed by atoms with Crippen LogP contribution in [0.5, 0.6) is 0 Å². The van der Waals surface area contributed by atoms with Gasteiger partial charge in [-0.2, -0.15) is 0 Å². The molecule has 0 saturated heterocycles. The molecule has 1 N–H and O–H groups in total. The van der Waals surface area contributed by atoms with E-state index in [1.54, 1.807) is 24.2 Å². The van der Waals surface area contributed by atoms with Crippen molar-refractivity contribution in [2.24, 2.45) is 0 Å². The number of hydrogen-bond donors (Lipinski definition) is 1. The molecular weight excluding hydrogens is 302 g/mol. The monoisotopic (exact) mass is 319 g/mol. The lowest BCUT2D eigenvalue weighted by Gasteiger charge is -2.09. The van der Waals surface area contributed by atoms with Crippen LogP contribution >= 0.6 is 23.5 Å². The Morgan fingerprint density at radius 3 is 2.48 bits per heavy atom. The lowest BCUT2D eigenvalue weighted by Crippen LogP contribution is -2.31. The van der Waals surface area contributed by atoms with E-state index >= 15 is 0 Å². The Morgan fingerprint density at radius 1 is 1.14 bits per heavy atom. The topological polar surface area (TPSA) is 54.9 Å². The van der Waals surface area contributed by atoms with Crippen LogP contribution in [0.2, 0.25) is 0 Å². The van der Waals surface area contributed by atoms with Crippen LogP contribution < -0.4 is 5.32 Å². The van der Waals surface area contributed by atoms with Gasteiger partial charge in [0.25, 0.3) is 0 Å². The molecule has 0 spiro atoms. The van der Waals surface area contributed by atoms with E-state index in [0.717, 1.165) is 14.9 Å². The van der Waals surface area contributed by atoms with Crippen LogP contribution in [0.3, 0.4) is 0 Å². The highest BCUT2D eigenvalue weighted by Gasteiger charge is 2.10. The van der Waals surface area contributed by atoms with Gasteiger partial charge in [0.2, 0.25) is 5.91 Å². The van der Waals surface area contributed by atoms with Crippen molar-refractivity contribution in [2.75, 3.05) is 5.75 Å². The number of benzene rings is 1. The third kappa shape index (κ3) is 5.40. The summed E-state index contributed by atoms with van der Waals surface area (Å²) in [5.74, 6) is 0.357. The van der Waals surface area contributed by atoms with Crippen molar-refractivity contribution in [1.82, 2.24) is 15.3 Å². The van der Waals surface area contributed by atoms with Crippen LogP contribution in [-0.4, -0.2) is 27.7 Å². The number of aromatic nitrogens is 2. The minimum absolute atomic E-state index is 0.0105. The van der Waals surface area contributed by atoms with Gasteiger partial charge in [-0.15, -0.1) is 0 Å². The molecule has 1 aromatic heterocycles. The zero-order chi connectivity index (χ0) is 15.1. The molecule has 0 fully saturated rings.